The number of hydrogen-bond donors (Lipinski definition) is 1. The predicted molar refractivity (Wildman–Crippen MR) is 90.6 cm³/mol. The van der Waals surface area contributed by atoms with Gasteiger partial charge in [-0.05, 0) is 23.3 Å². The van der Waals surface area contributed by atoms with E-state index in [1.54, 1.807) is 25.3 Å². The minimum absolute atomic E-state index is 0.0203. The minimum Gasteiger partial charge on any atom is -0.497 e. The number of amides is 1. The Kier molecular flexibility index (Phi) is 5.01. The maximum absolute atomic E-state index is 12.4. The molecule has 1 atom stereocenters. The van der Waals surface area contributed by atoms with Gasteiger partial charge in [-0.25, -0.2) is 0 Å². The number of rotatable bonds is 5. The first-order valence-corrected chi connectivity index (χ1v) is 7.90. The molecule has 0 radical (unpaired) electrons. The number of nitrogens with one attached hydrogen (secondary N) is 1. The maximum Gasteiger partial charge on any atom is 0.255 e. The van der Waals surface area contributed by atoms with Crippen LogP contribution in [0.1, 0.15) is 21.5 Å². The fraction of sp³-hybridized carbons (Fsp3) is 0.316. The lowest BCUT2D eigenvalue weighted by Gasteiger charge is -2.25. The van der Waals surface area contributed by atoms with E-state index >= 15 is 0 Å². The van der Waals surface area contributed by atoms with Gasteiger partial charge in [0.1, 0.15) is 11.5 Å². The number of fused-ring (bicyclic) bond motifs is 1. The van der Waals surface area contributed by atoms with Crippen molar-refractivity contribution >= 4 is 5.91 Å². The molecular formula is C19H21NO4. The molecule has 2 aromatic carbocycles. The van der Waals surface area contributed by atoms with Gasteiger partial charge in [-0.1, -0.05) is 24.3 Å². The highest BCUT2D eigenvalue weighted by Gasteiger charge is 2.20. The molecule has 0 spiro atoms. The van der Waals surface area contributed by atoms with Gasteiger partial charge in [-0.3, -0.25) is 4.79 Å². The Labute approximate surface area is 141 Å². The molecule has 0 fully saturated rings. The molecule has 0 aromatic heterocycles. The fourth-order valence-electron chi connectivity index (χ4n) is 2.83. The number of benzene rings is 2. The quantitative estimate of drug-likeness (QED) is 0.917. The van der Waals surface area contributed by atoms with Gasteiger partial charge in [0.15, 0.2) is 0 Å². The van der Waals surface area contributed by atoms with Crippen molar-refractivity contribution in [3.63, 3.8) is 0 Å². The lowest BCUT2D eigenvalue weighted by atomic mass is 9.99. The zero-order chi connectivity index (χ0) is 16.9. The van der Waals surface area contributed by atoms with E-state index < -0.39 is 0 Å². The number of hydrogen-bond acceptors (Lipinski definition) is 4. The van der Waals surface area contributed by atoms with Crippen LogP contribution in [-0.2, 0) is 17.8 Å². The fourth-order valence-corrected chi connectivity index (χ4v) is 2.83. The van der Waals surface area contributed by atoms with Gasteiger partial charge < -0.3 is 19.5 Å². The van der Waals surface area contributed by atoms with Gasteiger partial charge >= 0.3 is 0 Å². The number of ether oxygens (including phenoxy) is 3. The third-order valence-electron chi connectivity index (χ3n) is 4.18. The van der Waals surface area contributed by atoms with Crippen LogP contribution in [0.15, 0.2) is 42.5 Å². The third kappa shape index (κ3) is 3.51. The maximum atomic E-state index is 12.4. The Morgan fingerprint density at radius 3 is 2.71 bits per heavy atom. The topological polar surface area (TPSA) is 56.8 Å². The Hall–Kier alpha value is -2.53. The van der Waals surface area contributed by atoms with E-state index in [1.807, 2.05) is 12.1 Å². The summed E-state index contributed by atoms with van der Waals surface area (Å²) in [6, 6.07) is 13.4. The van der Waals surface area contributed by atoms with Gasteiger partial charge in [-0.2, -0.15) is 0 Å². The Morgan fingerprint density at radius 1 is 1.17 bits per heavy atom. The van der Waals surface area contributed by atoms with Crippen LogP contribution in [0.4, 0.5) is 0 Å². The average Bonchev–Trinajstić information content (AvgIpc) is 2.65. The first-order chi connectivity index (χ1) is 11.7. The number of carbonyl (C=O) groups is 1. The summed E-state index contributed by atoms with van der Waals surface area (Å²) in [5, 5.41) is 2.93. The Bertz CT molecular complexity index is 729. The lowest BCUT2D eigenvalue weighted by molar-refractivity contribution is 0.0284. The lowest BCUT2D eigenvalue weighted by Crippen LogP contribution is -2.36. The average molecular weight is 327 g/mol. The molecule has 5 heteroatoms. The highest BCUT2D eigenvalue weighted by atomic mass is 16.5. The second-order valence-electron chi connectivity index (χ2n) is 5.68. The van der Waals surface area contributed by atoms with Crippen molar-refractivity contribution in [2.45, 2.75) is 19.1 Å². The van der Waals surface area contributed by atoms with Crippen molar-refractivity contribution in [2.24, 2.45) is 0 Å². The van der Waals surface area contributed by atoms with Crippen molar-refractivity contribution in [1.29, 1.82) is 0 Å². The zero-order valence-electron chi connectivity index (χ0n) is 13.9. The molecule has 0 saturated heterocycles. The van der Waals surface area contributed by atoms with Crippen LogP contribution in [0, 0.1) is 0 Å². The normalized spacial score (nSPS) is 16.2. The third-order valence-corrected chi connectivity index (χ3v) is 4.18. The summed E-state index contributed by atoms with van der Waals surface area (Å²) in [5.74, 6) is 0.953. The number of methoxy groups -OCH3 is 2. The van der Waals surface area contributed by atoms with Crippen molar-refractivity contribution in [3.05, 3.63) is 59.2 Å². The SMILES string of the molecule is COc1ccc(C(=O)NCC2Cc3ccccc3CO2)c(OC)c1. The van der Waals surface area contributed by atoms with E-state index in [0.717, 1.165) is 6.42 Å². The molecule has 126 valence electrons. The van der Waals surface area contributed by atoms with E-state index in [1.165, 1.54) is 18.2 Å². The summed E-state index contributed by atoms with van der Waals surface area (Å²) in [6.07, 6.45) is 0.782. The monoisotopic (exact) mass is 327 g/mol. The van der Waals surface area contributed by atoms with Crippen LogP contribution < -0.4 is 14.8 Å². The molecule has 24 heavy (non-hydrogen) atoms. The highest BCUT2D eigenvalue weighted by Crippen LogP contribution is 2.25. The van der Waals surface area contributed by atoms with Crippen LogP contribution in [-0.4, -0.2) is 32.8 Å². The van der Waals surface area contributed by atoms with Crippen molar-refractivity contribution < 1.29 is 19.0 Å². The van der Waals surface area contributed by atoms with Gasteiger partial charge in [0.2, 0.25) is 0 Å². The van der Waals surface area contributed by atoms with Gasteiger partial charge in [0.25, 0.3) is 5.91 Å². The summed E-state index contributed by atoms with van der Waals surface area (Å²) in [6.45, 7) is 1.05. The highest BCUT2D eigenvalue weighted by molar-refractivity contribution is 5.97. The molecule has 5 nitrogen and oxygen atoms in total. The molecule has 1 unspecified atom stereocenters. The first-order valence-electron chi connectivity index (χ1n) is 7.90. The van der Waals surface area contributed by atoms with E-state index in [-0.39, 0.29) is 12.0 Å². The van der Waals surface area contributed by atoms with Crippen LogP contribution in [0.5, 0.6) is 11.5 Å². The summed E-state index contributed by atoms with van der Waals surface area (Å²) >= 11 is 0. The van der Waals surface area contributed by atoms with E-state index in [4.69, 9.17) is 14.2 Å². The largest absolute Gasteiger partial charge is 0.497 e. The second-order valence-corrected chi connectivity index (χ2v) is 5.68. The molecule has 2 aromatic rings. The molecule has 1 heterocycles. The molecule has 0 saturated carbocycles. The molecule has 0 aliphatic carbocycles. The van der Waals surface area contributed by atoms with Crippen molar-refractivity contribution in [1.82, 2.24) is 5.32 Å². The predicted octanol–water partition coefficient (Wildman–Crippen LogP) is 2.58. The van der Waals surface area contributed by atoms with Crippen LogP contribution in [0.2, 0.25) is 0 Å². The summed E-state index contributed by atoms with van der Waals surface area (Å²) in [5.41, 5.74) is 2.98. The Balaban J connectivity index is 1.62. The van der Waals surface area contributed by atoms with Gasteiger partial charge in [0, 0.05) is 19.0 Å². The molecule has 0 bridgehead atoms. The molecule has 1 aliphatic heterocycles. The van der Waals surface area contributed by atoms with Crippen molar-refractivity contribution in [2.75, 3.05) is 20.8 Å². The summed E-state index contributed by atoms with van der Waals surface area (Å²) in [4.78, 5) is 12.4. The summed E-state index contributed by atoms with van der Waals surface area (Å²) < 4.78 is 16.2. The van der Waals surface area contributed by atoms with E-state index in [9.17, 15) is 4.79 Å². The smallest absolute Gasteiger partial charge is 0.255 e. The van der Waals surface area contributed by atoms with E-state index in [0.29, 0.717) is 30.2 Å². The van der Waals surface area contributed by atoms with Crippen LogP contribution >= 0.6 is 0 Å². The molecule has 1 aliphatic rings. The van der Waals surface area contributed by atoms with Crippen LogP contribution in [0.25, 0.3) is 0 Å². The van der Waals surface area contributed by atoms with E-state index in [2.05, 4.69) is 17.4 Å². The van der Waals surface area contributed by atoms with Gasteiger partial charge in [-0.15, -0.1) is 0 Å². The Morgan fingerprint density at radius 2 is 1.96 bits per heavy atom. The molecule has 3 rings (SSSR count). The summed E-state index contributed by atoms with van der Waals surface area (Å²) in [7, 11) is 3.11. The molecular weight excluding hydrogens is 306 g/mol. The zero-order valence-corrected chi connectivity index (χ0v) is 13.9. The minimum atomic E-state index is -0.183. The van der Waals surface area contributed by atoms with Crippen molar-refractivity contribution in [3.8, 4) is 11.5 Å². The first kappa shape index (κ1) is 16.3. The molecule has 1 N–H and O–H groups in total. The number of carbonyl (C=O) groups excluding carboxylic acids is 1. The van der Waals surface area contributed by atoms with Gasteiger partial charge in [0.05, 0.1) is 32.5 Å². The standard InChI is InChI=1S/C19H21NO4/c1-22-15-7-8-17(18(10-15)23-2)19(21)20-11-16-9-13-5-3-4-6-14(13)12-24-16/h3-8,10,16H,9,11-12H2,1-2H3,(H,20,21). The molecule has 1 amide bonds. The van der Waals surface area contributed by atoms with Crippen LogP contribution in [0.3, 0.4) is 0 Å². The second kappa shape index (κ2) is 7.36.